The largest absolute Gasteiger partial charge is 0.487 e. The van der Waals surface area contributed by atoms with Gasteiger partial charge in [-0.15, -0.1) is 0 Å². The van der Waals surface area contributed by atoms with E-state index in [4.69, 9.17) is 9.47 Å². The van der Waals surface area contributed by atoms with E-state index in [-0.39, 0.29) is 18.0 Å². The summed E-state index contributed by atoms with van der Waals surface area (Å²) in [7, 11) is 0. The van der Waals surface area contributed by atoms with Crippen molar-refractivity contribution < 1.29 is 13.9 Å². The number of benzene rings is 1. The van der Waals surface area contributed by atoms with Crippen molar-refractivity contribution in [2.75, 3.05) is 13.2 Å². The first-order chi connectivity index (χ1) is 9.70. The second kappa shape index (κ2) is 7.60. The molecule has 1 aliphatic rings. The maximum Gasteiger partial charge on any atom is 0.165 e. The maximum absolute atomic E-state index is 13.9. The quantitative estimate of drug-likeness (QED) is 0.778. The Morgan fingerprint density at radius 1 is 1.40 bits per heavy atom. The predicted octanol–water partition coefficient (Wildman–Crippen LogP) is 3.27. The molecule has 2 atom stereocenters. The molecular weight excluding hydrogens is 257 g/mol. The van der Waals surface area contributed by atoms with E-state index in [1.54, 1.807) is 6.07 Å². The molecule has 0 spiro atoms. The Morgan fingerprint density at radius 2 is 2.25 bits per heavy atom. The van der Waals surface area contributed by atoms with E-state index in [1.807, 2.05) is 6.07 Å². The van der Waals surface area contributed by atoms with E-state index < -0.39 is 0 Å². The Morgan fingerprint density at radius 3 is 2.95 bits per heavy atom. The van der Waals surface area contributed by atoms with E-state index in [2.05, 4.69) is 19.2 Å². The molecule has 0 radical (unpaired) electrons. The van der Waals surface area contributed by atoms with Gasteiger partial charge in [-0.2, -0.15) is 0 Å². The summed E-state index contributed by atoms with van der Waals surface area (Å²) >= 11 is 0. The lowest BCUT2D eigenvalue weighted by molar-refractivity contribution is 0.0254. The first-order valence-corrected chi connectivity index (χ1v) is 7.47. The minimum absolute atomic E-state index is 0.0843. The summed E-state index contributed by atoms with van der Waals surface area (Å²) in [6.45, 7) is 6.13. The minimum atomic E-state index is -0.299. The number of hydrogen-bond donors (Lipinski definition) is 1. The van der Waals surface area contributed by atoms with E-state index in [1.165, 1.54) is 6.07 Å². The average molecular weight is 281 g/mol. The van der Waals surface area contributed by atoms with Crippen LogP contribution in [0.4, 0.5) is 4.39 Å². The highest BCUT2D eigenvalue weighted by Gasteiger charge is 2.23. The molecule has 1 saturated heterocycles. The van der Waals surface area contributed by atoms with Gasteiger partial charge in [-0.3, -0.25) is 0 Å². The summed E-state index contributed by atoms with van der Waals surface area (Å²) in [4.78, 5) is 0. The van der Waals surface area contributed by atoms with Crippen molar-refractivity contribution in [3.63, 3.8) is 0 Å². The van der Waals surface area contributed by atoms with Crippen LogP contribution in [0.5, 0.6) is 5.75 Å². The van der Waals surface area contributed by atoms with Crippen molar-refractivity contribution in [2.24, 2.45) is 0 Å². The van der Waals surface area contributed by atoms with Crippen LogP contribution < -0.4 is 10.1 Å². The fraction of sp³-hybridized carbons (Fsp3) is 0.625. The Labute approximate surface area is 120 Å². The van der Waals surface area contributed by atoms with Crippen molar-refractivity contribution >= 4 is 0 Å². The fourth-order valence-corrected chi connectivity index (χ4v) is 2.44. The third kappa shape index (κ3) is 4.18. The van der Waals surface area contributed by atoms with Crippen LogP contribution in [-0.4, -0.2) is 25.4 Å². The SMILES string of the molecule is CCCNCc1cccc(F)c1OCC1CCC(C)O1. The molecule has 1 heterocycles. The minimum Gasteiger partial charge on any atom is -0.487 e. The van der Waals surface area contributed by atoms with E-state index in [0.717, 1.165) is 31.4 Å². The van der Waals surface area contributed by atoms with Crippen molar-refractivity contribution in [3.8, 4) is 5.75 Å². The normalized spacial score (nSPS) is 22.1. The number of hydrogen-bond acceptors (Lipinski definition) is 3. The number of rotatable bonds is 7. The molecule has 20 heavy (non-hydrogen) atoms. The molecule has 4 heteroatoms. The first kappa shape index (κ1) is 15.3. The molecule has 2 rings (SSSR count). The van der Waals surface area contributed by atoms with Gasteiger partial charge < -0.3 is 14.8 Å². The summed E-state index contributed by atoms with van der Waals surface area (Å²) in [6.07, 6.45) is 3.46. The molecular formula is C16H24FNO2. The number of nitrogens with one attached hydrogen (secondary N) is 1. The Hall–Kier alpha value is -1.13. The Kier molecular flexibility index (Phi) is 5.80. The van der Waals surface area contributed by atoms with Crippen molar-refractivity contribution in [2.45, 2.75) is 51.9 Å². The van der Waals surface area contributed by atoms with Crippen LogP contribution in [0.3, 0.4) is 0 Å². The summed E-state index contributed by atoms with van der Waals surface area (Å²) < 4.78 is 25.3. The first-order valence-electron chi connectivity index (χ1n) is 7.47. The van der Waals surface area contributed by atoms with Crippen LogP contribution in [0.25, 0.3) is 0 Å². The third-order valence-corrected chi connectivity index (χ3v) is 3.52. The molecule has 1 aromatic carbocycles. The Bertz CT molecular complexity index is 425. The zero-order valence-corrected chi connectivity index (χ0v) is 12.3. The van der Waals surface area contributed by atoms with Gasteiger partial charge in [0.05, 0.1) is 12.2 Å². The Balaban J connectivity index is 1.94. The third-order valence-electron chi connectivity index (χ3n) is 3.52. The maximum atomic E-state index is 13.9. The van der Waals surface area contributed by atoms with Gasteiger partial charge in [0.25, 0.3) is 0 Å². The molecule has 1 aliphatic heterocycles. The second-order valence-electron chi connectivity index (χ2n) is 5.36. The molecule has 0 bridgehead atoms. The van der Waals surface area contributed by atoms with Gasteiger partial charge in [0, 0.05) is 12.1 Å². The van der Waals surface area contributed by atoms with Gasteiger partial charge in [0.1, 0.15) is 6.61 Å². The highest BCUT2D eigenvalue weighted by Crippen LogP contribution is 2.25. The number of halogens is 1. The molecule has 3 nitrogen and oxygen atoms in total. The summed E-state index contributed by atoms with van der Waals surface area (Å²) in [5.41, 5.74) is 0.865. The van der Waals surface area contributed by atoms with Crippen LogP contribution in [0.1, 0.15) is 38.7 Å². The number of ether oxygens (including phenoxy) is 2. The second-order valence-corrected chi connectivity index (χ2v) is 5.36. The summed E-state index contributed by atoms with van der Waals surface area (Å²) in [5.74, 6) is 0.0612. The van der Waals surface area contributed by atoms with Gasteiger partial charge in [-0.1, -0.05) is 19.1 Å². The van der Waals surface area contributed by atoms with Gasteiger partial charge >= 0.3 is 0 Å². The molecule has 2 unspecified atom stereocenters. The molecule has 1 N–H and O–H groups in total. The van der Waals surface area contributed by atoms with Crippen LogP contribution in [0, 0.1) is 5.82 Å². The molecule has 112 valence electrons. The van der Waals surface area contributed by atoms with Gasteiger partial charge in [-0.05, 0) is 38.8 Å². The zero-order chi connectivity index (χ0) is 14.4. The van der Waals surface area contributed by atoms with Gasteiger partial charge in [0.15, 0.2) is 11.6 Å². The van der Waals surface area contributed by atoms with Crippen molar-refractivity contribution in [3.05, 3.63) is 29.6 Å². The van der Waals surface area contributed by atoms with Crippen molar-refractivity contribution in [1.29, 1.82) is 0 Å². The molecule has 0 aromatic heterocycles. The van der Waals surface area contributed by atoms with E-state index in [9.17, 15) is 4.39 Å². The fourth-order valence-electron chi connectivity index (χ4n) is 2.44. The highest BCUT2D eigenvalue weighted by atomic mass is 19.1. The van der Waals surface area contributed by atoms with Crippen LogP contribution in [-0.2, 0) is 11.3 Å². The van der Waals surface area contributed by atoms with Gasteiger partial charge in [-0.25, -0.2) is 4.39 Å². The van der Waals surface area contributed by atoms with Crippen LogP contribution in [0.2, 0.25) is 0 Å². The van der Waals surface area contributed by atoms with Gasteiger partial charge in [0.2, 0.25) is 0 Å². The highest BCUT2D eigenvalue weighted by molar-refractivity contribution is 5.35. The zero-order valence-electron chi connectivity index (χ0n) is 12.3. The number of para-hydroxylation sites is 1. The smallest absolute Gasteiger partial charge is 0.165 e. The van der Waals surface area contributed by atoms with Crippen molar-refractivity contribution in [1.82, 2.24) is 5.32 Å². The van der Waals surface area contributed by atoms with E-state index in [0.29, 0.717) is 18.9 Å². The van der Waals surface area contributed by atoms with Crippen LogP contribution in [0.15, 0.2) is 18.2 Å². The lowest BCUT2D eigenvalue weighted by atomic mass is 10.2. The topological polar surface area (TPSA) is 30.5 Å². The lowest BCUT2D eigenvalue weighted by Crippen LogP contribution is -2.20. The molecule has 0 saturated carbocycles. The predicted molar refractivity (Wildman–Crippen MR) is 77.5 cm³/mol. The molecule has 1 aromatic rings. The standard InChI is InChI=1S/C16H24FNO2/c1-3-9-18-10-13-5-4-6-15(17)16(13)19-11-14-8-7-12(2)20-14/h4-6,12,14,18H,3,7-11H2,1-2H3. The van der Waals surface area contributed by atoms with E-state index >= 15 is 0 Å². The lowest BCUT2D eigenvalue weighted by Gasteiger charge is -2.16. The summed E-state index contributed by atoms with van der Waals surface area (Å²) in [6, 6.07) is 5.06. The molecule has 0 amide bonds. The molecule has 1 fully saturated rings. The summed E-state index contributed by atoms with van der Waals surface area (Å²) in [5, 5.41) is 3.28. The average Bonchev–Trinajstić information content (AvgIpc) is 2.84. The van der Waals surface area contributed by atoms with Crippen LogP contribution >= 0.6 is 0 Å². The molecule has 0 aliphatic carbocycles. The monoisotopic (exact) mass is 281 g/mol.